The first-order chi connectivity index (χ1) is 13.1. The lowest BCUT2D eigenvalue weighted by atomic mass is 9.91. The first kappa shape index (κ1) is 16.4. The minimum atomic E-state index is -0.0218. The number of aromatic nitrogens is 1. The van der Waals surface area contributed by atoms with Crippen molar-refractivity contribution >= 4 is 11.7 Å². The van der Waals surface area contributed by atoms with Gasteiger partial charge in [0.05, 0.1) is 11.7 Å². The third kappa shape index (κ3) is 2.69. The molecule has 1 N–H and O–H groups in total. The molecule has 2 bridgehead atoms. The van der Waals surface area contributed by atoms with Crippen LogP contribution < -0.4 is 5.32 Å². The maximum absolute atomic E-state index is 12.9. The molecular weight excluding hydrogens is 338 g/mol. The van der Waals surface area contributed by atoms with Gasteiger partial charge in [0.1, 0.15) is 6.26 Å². The van der Waals surface area contributed by atoms with Crippen LogP contribution in [0.2, 0.25) is 0 Å². The Kier molecular flexibility index (Phi) is 3.71. The summed E-state index contributed by atoms with van der Waals surface area (Å²) in [6, 6.07) is 6.09. The Balaban J connectivity index is 1.36. The van der Waals surface area contributed by atoms with Crippen molar-refractivity contribution in [3.63, 3.8) is 0 Å². The van der Waals surface area contributed by atoms with E-state index in [1.54, 1.807) is 11.8 Å². The van der Waals surface area contributed by atoms with Crippen molar-refractivity contribution in [1.29, 1.82) is 0 Å². The van der Waals surface area contributed by atoms with E-state index < -0.39 is 0 Å². The summed E-state index contributed by atoms with van der Waals surface area (Å²) in [4.78, 5) is 19.4. The summed E-state index contributed by atoms with van der Waals surface area (Å²) < 4.78 is 5.54. The van der Waals surface area contributed by atoms with Crippen molar-refractivity contribution in [2.45, 2.75) is 39.2 Å². The number of aryl methyl sites for hydroxylation is 2. The van der Waals surface area contributed by atoms with Gasteiger partial charge in [0.15, 0.2) is 0 Å². The second-order valence-electron chi connectivity index (χ2n) is 7.78. The quantitative estimate of drug-likeness (QED) is 0.832. The van der Waals surface area contributed by atoms with Gasteiger partial charge in [-0.25, -0.2) is 9.78 Å². The molecule has 2 heterocycles. The Morgan fingerprint density at radius 1 is 1.33 bits per heavy atom. The molecule has 1 aromatic heterocycles. The maximum atomic E-state index is 12.9. The maximum Gasteiger partial charge on any atom is 0.322 e. The summed E-state index contributed by atoms with van der Waals surface area (Å²) in [6.07, 6.45) is 9.50. The normalized spacial score (nSPS) is 23.1. The van der Waals surface area contributed by atoms with Crippen LogP contribution >= 0.6 is 0 Å². The van der Waals surface area contributed by atoms with Crippen LogP contribution in [0.5, 0.6) is 0 Å². The number of hydrogen-bond acceptors (Lipinski definition) is 3. The monoisotopic (exact) mass is 361 g/mol. The van der Waals surface area contributed by atoms with E-state index >= 15 is 0 Å². The Hall–Kier alpha value is -2.82. The van der Waals surface area contributed by atoms with Crippen LogP contribution in [0.15, 0.2) is 52.2 Å². The average molecular weight is 361 g/mol. The summed E-state index contributed by atoms with van der Waals surface area (Å²) in [6.45, 7) is 4.75. The van der Waals surface area contributed by atoms with Crippen LogP contribution in [0.25, 0.3) is 11.5 Å². The van der Waals surface area contributed by atoms with Gasteiger partial charge in [0.2, 0.25) is 5.89 Å². The van der Waals surface area contributed by atoms with Crippen molar-refractivity contribution in [2.24, 2.45) is 5.92 Å². The Bertz CT molecular complexity index is 985. The third-order valence-corrected chi connectivity index (χ3v) is 6.00. The first-order valence-electron chi connectivity index (χ1n) is 9.60. The SMILES string of the molecule is Cc1coc(-c2cc(NC(=O)N3CC4CC3C3=C4CCC=C3)ccc2C)n1. The topological polar surface area (TPSA) is 58.4 Å². The number of oxazole rings is 1. The second kappa shape index (κ2) is 6.12. The molecular formula is C22H23N3O2. The fourth-order valence-corrected chi connectivity index (χ4v) is 4.68. The standard InChI is InChI=1S/C22H23N3O2/c1-13-7-8-16(10-19(13)21-23-14(2)12-27-21)24-22(26)25-11-15-9-20(25)18-6-4-3-5-17(15)18/h4,6-8,10,12,15,20H,3,5,9,11H2,1-2H3,(H,24,26). The molecule has 3 aliphatic rings. The second-order valence-corrected chi connectivity index (χ2v) is 7.78. The molecule has 0 radical (unpaired) electrons. The number of hydrogen-bond donors (Lipinski definition) is 1. The summed E-state index contributed by atoms with van der Waals surface area (Å²) in [5.74, 6) is 1.13. The highest BCUT2D eigenvalue weighted by molar-refractivity contribution is 5.91. The molecule has 138 valence electrons. The number of carbonyl (C=O) groups is 1. The number of carbonyl (C=O) groups excluding carboxylic acids is 1. The molecule has 5 nitrogen and oxygen atoms in total. The number of nitrogens with one attached hydrogen (secondary N) is 1. The van der Waals surface area contributed by atoms with Gasteiger partial charge in [-0.15, -0.1) is 0 Å². The highest BCUT2D eigenvalue weighted by atomic mass is 16.3. The zero-order valence-corrected chi connectivity index (χ0v) is 15.7. The van der Waals surface area contributed by atoms with E-state index in [-0.39, 0.29) is 12.1 Å². The van der Waals surface area contributed by atoms with Gasteiger partial charge in [-0.3, -0.25) is 0 Å². The van der Waals surface area contributed by atoms with Crippen LogP contribution in [-0.2, 0) is 0 Å². The van der Waals surface area contributed by atoms with Crippen LogP contribution in [-0.4, -0.2) is 28.5 Å². The molecule has 2 aromatic rings. The molecule has 1 aliphatic heterocycles. The minimum Gasteiger partial charge on any atom is -0.444 e. The van der Waals surface area contributed by atoms with Gasteiger partial charge >= 0.3 is 6.03 Å². The van der Waals surface area contributed by atoms with Crippen molar-refractivity contribution in [2.75, 3.05) is 11.9 Å². The van der Waals surface area contributed by atoms with Crippen molar-refractivity contribution in [1.82, 2.24) is 9.88 Å². The Morgan fingerprint density at radius 3 is 3.04 bits per heavy atom. The Morgan fingerprint density at radius 2 is 2.22 bits per heavy atom. The van der Waals surface area contributed by atoms with E-state index in [9.17, 15) is 4.79 Å². The van der Waals surface area contributed by atoms with Crippen LogP contribution in [0, 0.1) is 19.8 Å². The number of amides is 2. The van der Waals surface area contributed by atoms with Gasteiger partial charge in [-0.05, 0) is 56.4 Å². The van der Waals surface area contributed by atoms with Crippen molar-refractivity contribution < 1.29 is 9.21 Å². The number of allylic oxidation sites excluding steroid dienone is 1. The van der Waals surface area contributed by atoms with E-state index in [1.807, 2.05) is 36.9 Å². The van der Waals surface area contributed by atoms with Crippen molar-refractivity contribution in [3.8, 4) is 11.5 Å². The first-order valence-corrected chi connectivity index (χ1v) is 9.60. The number of fused-ring (bicyclic) bond motifs is 4. The predicted molar refractivity (Wildman–Crippen MR) is 104 cm³/mol. The molecule has 2 atom stereocenters. The fraction of sp³-hybridized carbons (Fsp3) is 0.364. The number of anilines is 1. The van der Waals surface area contributed by atoms with Gasteiger partial charge in [0.25, 0.3) is 0 Å². The lowest BCUT2D eigenvalue weighted by molar-refractivity contribution is 0.210. The lowest BCUT2D eigenvalue weighted by Crippen LogP contribution is -2.41. The minimum absolute atomic E-state index is 0.0218. The van der Waals surface area contributed by atoms with Gasteiger partial charge in [0, 0.05) is 23.7 Å². The molecule has 5 rings (SSSR count). The lowest BCUT2D eigenvalue weighted by Gasteiger charge is -2.31. The predicted octanol–water partition coefficient (Wildman–Crippen LogP) is 4.84. The van der Waals surface area contributed by atoms with E-state index in [0.717, 1.165) is 41.9 Å². The smallest absolute Gasteiger partial charge is 0.322 e. The number of likely N-dealkylation sites (tertiary alicyclic amines) is 1. The van der Waals surface area contributed by atoms with Crippen LogP contribution in [0.1, 0.15) is 30.5 Å². The zero-order valence-electron chi connectivity index (χ0n) is 15.7. The zero-order chi connectivity index (χ0) is 18.5. The molecule has 5 heteroatoms. The van der Waals surface area contributed by atoms with E-state index in [2.05, 4.69) is 22.5 Å². The molecule has 0 saturated carbocycles. The summed E-state index contributed by atoms with van der Waals surface area (Å²) in [5, 5.41) is 3.08. The average Bonchev–Trinajstić information content (AvgIpc) is 3.38. The highest BCUT2D eigenvalue weighted by Gasteiger charge is 2.45. The molecule has 2 aliphatic carbocycles. The molecule has 1 saturated heterocycles. The Labute approximate surface area is 158 Å². The van der Waals surface area contributed by atoms with Gasteiger partial charge in [-0.2, -0.15) is 0 Å². The van der Waals surface area contributed by atoms with Gasteiger partial charge < -0.3 is 14.6 Å². The highest BCUT2D eigenvalue weighted by Crippen LogP contribution is 2.46. The summed E-state index contributed by atoms with van der Waals surface area (Å²) in [5.41, 5.74) is 6.56. The van der Waals surface area contributed by atoms with E-state index in [0.29, 0.717) is 11.8 Å². The molecule has 1 aromatic carbocycles. The van der Waals surface area contributed by atoms with E-state index in [4.69, 9.17) is 4.42 Å². The fourth-order valence-electron chi connectivity index (χ4n) is 4.68. The number of nitrogens with zero attached hydrogens (tertiary/aromatic N) is 2. The van der Waals surface area contributed by atoms with Crippen LogP contribution in [0.3, 0.4) is 0 Å². The van der Waals surface area contributed by atoms with Gasteiger partial charge in [-0.1, -0.05) is 23.8 Å². The number of benzene rings is 1. The summed E-state index contributed by atoms with van der Waals surface area (Å²) in [7, 11) is 0. The third-order valence-electron chi connectivity index (χ3n) is 6.00. The summed E-state index contributed by atoms with van der Waals surface area (Å²) >= 11 is 0. The molecule has 0 spiro atoms. The number of rotatable bonds is 2. The molecule has 27 heavy (non-hydrogen) atoms. The molecule has 2 unspecified atom stereocenters. The van der Waals surface area contributed by atoms with E-state index in [1.165, 1.54) is 12.0 Å². The van der Waals surface area contributed by atoms with Crippen LogP contribution in [0.4, 0.5) is 10.5 Å². The molecule has 1 fully saturated rings. The molecule has 2 amide bonds. The largest absolute Gasteiger partial charge is 0.444 e. The number of urea groups is 1. The van der Waals surface area contributed by atoms with Crippen molar-refractivity contribution in [3.05, 3.63) is 59.0 Å².